The lowest BCUT2D eigenvalue weighted by atomic mass is 11.1. The molecule has 0 aromatic rings. The van der Waals surface area contributed by atoms with E-state index in [1.165, 1.54) is 84.6 Å². The molecule has 54 nitrogen and oxygen atoms in total. The smallest absolute Gasteiger partial charge is 0.352 e. The largest absolute Gasteiger partial charge is 0.507 e. The first kappa shape index (κ1) is 131. The Bertz CT molecular complexity index is 1630. The van der Waals surface area contributed by atoms with E-state index in [1.54, 1.807) is 0 Å². The van der Waals surface area contributed by atoms with Crippen molar-refractivity contribution in [2.75, 3.05) is 84.6 Å². The zero-order chi connectivity index (χ0) is 78.4. The normalized spacial score (nSPS) is 8.33. The summed E-state index contributed by atoms with van der Waals surface area (Å²) in [4.78, 5) is 197. The van der Waals surface area contributed by atoms with Gasteiger partial charge in [0.2, 0.25) is 0 Å². The number of carbonyl (C=O) groups excluding carboxylic acids is 12. The van der Waals surface area contributed by atoms with E-state index in [1.807, 2.05) is 0 Å². The third-order valence-corrected chi connectivity index (χ3v) is 2.96. The van der Waals surface area contributed by atoms with Gasteiger partial charge >= 0.3 is 120 Å². The highest BCUT2D eigenvalue weighted by molar-refractivity contribution is 7.47. The molecular weight excluding hydrogens is 1400 g/mol. The zero-order valence-corrected chi connectivity index (χ0v) is 54.0. The van der Waals surface area contributed by atoms with Gasteiger partial charge in [-0.15, -0.1) is 25.2 Å². The quantitative estimate of drug-likeness (QED) is 0.0791. The predicted octanol–water partition coefficient (Wildman–Crippen LogP) is -8.29. The van der Waals surface area contributed by atoms with Crippen molar-refractivity contribution in [3.8, 4) is 0 Å². The summed E-state index contributed by atoms with van der Waals surface area (Å²) in [6, 6.07) is -5.94. The van der Waals surface area contributed by atoms with E-state index in [0.717, 1.165) is 0 Å². The van der Waals surface area contributed by atoms with Crippen LogP contribution in [0.4, 0.5) is 82.7 Å². The molecule has 0 aromatic heterocycles. The Hall–Kier alpha value is -8.28. The summed E-state index contributed by atoms with van der Waals surface area (Å²) in [6.07, 6.45) is 0. The van der Waals surface area contributed by atoms with Crippen LogP contribution in [0, 0.1) is 0 Å². The topological polar surface area (TPSA) is 1010 Å². The van der Waals surface area contributed by atoms with E-state index < -0.39 is 120 Å². The molecule has 0 rings (SSSR count). The van der Waals surface area contributed by atoms with Crippen LogP contribution in [0.3, 0.4) is 0 Å². The Morgan fingerprint density at radius 2 is 0.200 bits per heavy atom. The second-order valence-electron chi connectivity index (χ2n) is 10.2. The number of halogens is 6. The van der Waals surface area contributed by atoms with E-state index in [0.29, 0.717) is 0 Å². The molecule has 0 fully saturated rings. The van der Waals surface area contributed by atoms with Gasteiger partial charge in [0, 0.05) is 84.6 Å². The lowest BCUT2D eigenvalue weighted by molar-refractivity contribution is 0.250. The number of hydrogen-bond donors (Lipinski definition) is 36. The number of carbonyl (C=O) groups is 12. The van der Waals surface area contributed by atoms with Gasteiger partial charge in [0.15, 0.2) is 0 Å². The molecule has 0 aliphatic heterocycles. The van der Waals surface area contributed by atoms with Crippen LogP contribution < -0.4 is 133 Å². The van der Waals surface area contributed by atoms with E-state index in [9.17, 15) is 82.7 Å². The third-order valence-electron chi connectivity index (χ3n) is 2.96. The molecule has 0 heterocycles. The van der Waals surface area contributed by atoms with Gasteiger partial charge in [-0.2, -0.15) is 0 Å². The van der Waals surface area contributed by atoms with Gasteiger partial charge in [-0.25, -0.2) is 84.9 Å². The summed E-state index contributed by atoms with van der Waals surface area (Å²) in [5, 5.41) is 26.0. The van der Waals surface area contributed by atoms with Gasteiger partial charge in [0.05, 0.1) is 0 Å². The maximum absolute atomic E-state index is 10.4. The van der Waals surface area contributed by atoms with Gasteiger partial charge in [0.25, 0.3) is 0 Å². The minimum Gasteiger partial charge on any atom is -0.352 e. The van der Waals surface area contributed by atoms with Gasteiger partial charge in [-0.05, 0) is 0 Å². The van der Waals surface area contributed by atoms with Crippen LogP contribution >= 0.6 is 47.4 Å². The van der Waals surface area contributed by atoms with Gasteiger partial charge in [0.1, 0.15) is 0 Å². The van der Waals surface area contributed by atoms with Crippen molar-refractivity contribution in [1.82, 2.24) is 63.8 Å². The Morgan fingerprint density at radius 3 is 0.200 bits per heavy atom. The summed E-state index contributed by atoms with van der Waals surface area (Å²) < 4.78 is 114. The average molecular weight is 1490 g/mol. The van der Waals surface area contributed by atoms with Crippen molar-refractivity contribution in [3.05, 3.63) is 0 Å². The molecule has 90 heavy (non-hydrogen) atoms. The lowest BCUT2D eigenvalue weighted by Gasteiger charge is -1.80. The zero-order valence-electron chi connectivity index (χ0n) is 48.6. The van der Waals surface area contributed by atoms with Crippen LogP contribution in [0.15, 0.2) is 0 Å². The number of nitrogens with one attached hydrogen (secondary N) is 12. The van der Waals surface area contributed by atoms with E-state index in [-0.39, 0.29) is 0 Å². The number of nitrogens with two attached hydrogens (primary N) is 12. The highest BCUT2D eigenvalue weighted by atomic mass is 31.2. The summed E-state index contributed by atoms with van der Waals surface area (Å²) in [7, 11) is -13.1. The summed E-state index contributed by atoms with van der Waals surface area (Å²) in [5.74, 6) is 0. The van der Waals surface area contributed by atoms with Crippen molar-refractivity contribution in [2.24, 2.45) is 68.8 Å². The molecule has 0 saturated carbocycles. The molecule has 0 aromatic carbocycles. The van der Waals surface area contributed by atoms with Crippen LogP contribution in [0.1, 0.15) is 0 Å². The van der Waals surface area contributed by atoms with Crippen LogP contribution in [0.2, 0.25) is 0 Å². The monoisotopic (exact) mass is 1490 g/mol. The molecule has 0 unspecified atom stereocenters. The number of hydrogen-bond acceptors (Lipinski definition) is 18. The van der Waals surface area contributed by atoms with Crippen molar-refractivity contribution in [3.63, 3.8) is 0 Å². The third kappa shape index (κ3) is 2000. The minimum absolute atomic E-state index is 0.495. The van der Waals surface area contributed by atoms with E-state index >= 15 is 0 Å². The van der Waals surface area contributed by atoms with Crippen LogP contribution in [0.25, 0.3) is 0 Å². The number of urea groups is 12. The maximum Gasteiger partial charge on any atom is 0.507 e. The maximum atomic E-state index is 10.4. The number of rotatable bonds is 0. The minimum atomic E-state index is -5.14. The molecule has 552 valence electrons. The van der Waals surface area contributed by atoms with Crippen molar-refractivity contribution in [1.29, 1.82) is 0 Å². The fourth-order valence-electron chi connectivity index (χ4n) is 0. The fraction of sp³-hybridized carbons (Fsp3) is 0.500. The lowest BCUT2D eigenvalue weighted by Crippen LogP contribution is -2.24. The first-order valence-electron chi connectivity index (χ1n) is 19.4. The molecule has 48 N–H and O–H groups in total. The average Bonchev–Trinajstić information content (AvgIpc) is 3.32. The summed E-state index contributed by atoms with van der Waals surface area (Å²) in [5.41, 5.74) is 54.5. The molecule has 0 aliphatic carbocycles. The second kappa shape index (κ2) is 89.5. The molecule has 0 bridgehead atoms. The van der Waals surface area contributed by atoms with Crippen LogP contribution in [0.5, 0.6) is 0 Å². The van der Waals surface area contributed by atoms with E-state index in [2.05, 4.69) is 133 Å². The van der Waals surface area contributed by atoms with Crippen molar-refractivity contribution in [2.45, 2.75) is 0 Å². The summed E-state index contributed by atoms with van der Waals surface area (Å²) in [6.45, 7) is 0. The van der Waals surface area contributed by atoms with E-state index in [4.69, 9.17) is 86.1 Å². The predicted molar refractivity (Wildman–Crippen MR) is 303 cm³/mol. The molecule has 0 aliphatic rings. The molecule has 0 radical (unpaired) electrons. The van der Waals surface area contributed by atoms with Crippen molar-refractivity contribution < 1.29 is 169 Å². The highest BCUT2D eigenvalue weighted by Gasteiger charge is 2.07. The standard InChI is InChI=1S/12C2H6N2O.6FH2O3P/c12*1-4-2(3)5;6*1-5(2,3)4/h12*1H3,(H3,3,4,5);6*(H2,2,3,4). The molecule has 0 saturated heterocycles. The second-order valence-corrected chi connectivity index (χ2v) is 15.9. The Kier molecular flexibility index (Phi) is 130. The molecule has 66 heteroatoms. The first-order chi connectivity index (χ1) is 39.2. The number of primary amides is 12. The fourth-order valence-corrected chi connectivity index (χ4v) is 0. The van der Waals surface area contributed by atoms with Crippen LogP contribution in [-0.2, 0) is 27.4 Å². The Labute approximate surface area is 505 Å². The molecule has 0 spiro atoms. The Morgan fingerprint density at radius 1 is 0.189 bits per heavy atom. The molecule has 24 amide bonds. The molecule has 0 atom stereocenters. The SMILES string of the molecule is CNC(N)=O.CNC(N)=O.CNC(N)=O.CNC(N)=O.CNC(N)=O.CNC(N)=O.CNC(N)=O.CNC(N)=O.CNC(N)=O.CNC(N)=O.CNC(N)=O.CNC(N)=O.O=P(O)(O)F.O=P(O)(O)F.O=P(O)(O)F.O=P(O)(O)F.O=P(O)(O)F.O=P(O)(O)F. The van der Waals surface area contributed by atoms with Gasteiger partial charge in [-0.3, -0.25) is 58.7 Å². The Balaban J connectivity index is -0.0000000381. The first-order valence-corrected chi connectivity index (χ1v) is 28.4. The van der Waals surface area contributed by atoms with Gasteiger partial charge < -0.3 is 133 Å². The summed E-state index contributed by atoms with van der Waals surface area (Å²) >= 11 is 0. The van der Waals surface area contributed by atoms with Crippen LogP contribution in [-0.4, -0.2) is 216 Å². The molecular formula is C24H84F6N24O30P6. The van der Waals surface area contributed by atoms with Gasteiger partial charge in [-0.1, -0.05) is 0 Å². The number of amides is 24. The highest BCUT2D eigenvalue weighted by Crippen LogP contribution is 2.37. The van der Waals surface area contributed by atoms with Crippen molar-refractivity contribution >= 4 is 120 Å².